The highest BCUT2D eigenvalue weighted by molar-refractivity contribution is 7.91. The summed E-state index contributed by atoms with van der Waals surface area (Å²) in [6.07, 6.45) is 6.87. The fraction of sp³-hybridized carbons (Fsp3) is 0.412. The van der Waals surface area contributed by atoms with Gasteiger partial charge < -0.3 is 10.2 Å². The first-order valence-corrected chi connectivity index (χ1v) is 10.3. The van der Waals surface area contributed by atoms with Gasteiger partial charge in [-0.05, 0) is 25.0 Å². The maximum atomic E-state index is 12.2. The number of amides is 1. The van der Waals surface area contributed by atoms with Crippen LogP contribution in [-0.2, 0) is 16.4 Å². The average Bonchev–Trinajstić information content (AvgIpc) is 3.01. The third-order valence-corrected chi connectivity index (χ3v) is 6.07. The summed E-state index contributed by atoms with van der Waals surface area (Å²) in [5.74, 6) is 0.492. The number of nitrogens with one attached hydrogen (secondary N) is 1. The molecule has 1 fully saturated rings. The Labute approximate surface area is 152 Å². The third kappa shape index (κ3) is 4.34. The minimum Gasteiger partial charge on any atom is -0.348 e. The number of nitrogens with zero attached hydrogens (tertiary/aromatic N) is 4. The van der Waals surface area contributed by atoms with E-state index < -0.39 is 9.84 Å². The normalized spacial score (nSPS) is 18.4. The SMILES string of the molecule is CCN(c1ncc(C(=O)NCc2cccnc2)cn1)C1CCS(=O)(=O)C1. The number of aromatic nitrogens is 3. The van der Waals surface area contributed by atoms with Crippen molar-refractivity contribution in [1.82, 2.24) is 20.3 Å². The van der Waals surface area contributed by atoms with Crippen LogP contribution in [0.15, 0.2) is 36.9 Å². The highest BCUT2D eigenvalue weighted by Gasteiger charge is 2.32. The quantitative estimate of drug-likeness (QED) is 0.797. The molecule has 26 heavy (non-hydrogen) atoms. The van der Waals surface area contributed by atoms with Gasteiger partial charge in [-0.2, -0.15) is 0 Å². The molecule has 1 amide bonds. The molecule has 1 aliphatic heterocycles. The van der Waals surface area contributed by atoms with Crippen LogP contribution in [0.2, 0.25) is 0 Å². The second kappa shape index (κ2) is 7.77. The van der Waals surface area contributed by atoms with Crippen LogP contribution in [0.25, 0.3) is 0 Å². The fourth-order valence-electron chi connectivity index (χ4n) is 2.96. The van der Waals surface area contributed by atoms with Crippen LogP contribution in [0.4, 0.5) is 5.95 Å². The molecule has 3 heterocycles. The van der Waals surface area contributed by atoms with E-state index in [1.165, 1.54) is 12.4 Å². The zero-order valence-corrected chi connectivity index (χ0v) is 15.3. The summed E-state index contributed by atoms with van der Waals surface area (Å²) >= 11 is 0. The first kappa shape index (κ1) is 18.2. The Morgan fingerprint density at radius 1 is 1.31 bits per heavy atom. The van der Waals surface area contributed by atoms with Gasteiger partial charge in [-0.3, -0.25) is 9.78 Å². The van der Waals surface area contributed by atoms with Crippen molar-refractivity contribution >= 4 is 21.7 Å². The number of rotatable bonds is 6. The van der Waals surface area contributed by atoms with E-state index in [1.54, 1.807) is 12.4 Å². The van der Waals surface area contributed by atoms with E-state index in [0.717, 1.165) is 5.56 Å². The Morgan fingerprint density at radius 2 is 2.08 bits per heavy atom. The number of hydrogen-bond donors (Lipinski definition) is 1. The molecule has 1 aliphatic rings. The summed E-state index contributed by atoms with van der Waals surface area (Å²) in [5.41, 5.74) is 1.26. The molecule has 0 bridgehead atoms. The highest BCUT2D eigenvalue weighted by Crippen LogP contribution is 2.21. The number of carbonyl (C=O) groups excluding carboxylic acids is 1. The Morgan fingerprint density at radius 3 is 2.65 bits per heavy atom. The molecule has 8 nitrogen and oxygen atoms in total. The van der Waals surface area contributed by atoms with Gasteiger partial charge in [0.25, 0.3) is 5.91 Å². The molecule has 1 unspecified atom stereocenters. The lowest BCUT2D eigenvalue weighted by molar-refractivity contribution is 0.0950. The van der Waals surface area contributed by atoms with Crippen molar-refractivity contribution in [1.29, 1.82) is 0 Å². The van der Waals surface area contributed by atoms with Crippen LogP contribution in [0.3, 0.4) is 0 Å². The standard InChI is InChI=1S/C17H21N5O3S/c1-2-22(15-5-7-26(24,25)12-15)17-20-10-14(11-21-17)16(23)19-9-13-4-3-6-18-8-13/h3-4,6,8,10-11,15H,2,5,7,9,12H2,1H3,(H,19,23). The van der Waals surface area contributed by atoms with E-state index in [9.17, 15) is 13.2 Å². The molecule has 2 aromatic rings. The van der Waals surface area contributed by atoms with Gasteiger partial charge in [-0.1, -0.05) is 6.07 Å². The van der Waals surface area contributed by atoms with Crippen LogP contribution >= 0.6 is 0 Å². The van der Waals surface area contributed by atoms with E-state index in [2.05, 4.69) is 20.3 Å². The van der Waals surface area contributed by atoms with Crippen molar-refractivity contribution in [2.24, 2.45) is 0 Å². The van der Waals surface area contributed by atoms with Crippen LogP contribution in [0, 0.1) is 0 Å². The summed E-state index contributed by atoms with van der Waals surface area (Å²) in [5, 5.41) is 2.79. The van der Waals surface area contributed by atoms with Gasteiger partial charge in [0, 0.05) is 43.9 Å². The van der Waals surface area contributed by atoms with Gasteiger partial charge in [0.05, 0.1) is 17.1 Å². The summed E-state index contributed by atoms with van der Waals surface area (Å²) < 4.78 is 23.4. The molecule has 0 aromatic carbocycles. The predicted octanol–water partition coefficient (Wildman–Crippen LogP) is 0.815. The lowest BCUT2D eigenvalue weighted by Crippen LogP contribution is -2.37. The number of carbonyl (C=O) groups is 1. The fourth-order valence-corrected chi connectivity index (χ4v) is 4.69. The largest absolute Gasteiger partial charge is 0.348 e. The second-order valence-electron chi connectivity index (χ2n) is 6.16. The van der Waals surface area contributed by atoms with Crippen molar-refractivity contribution in [3.63, 3.8) is 0 Å². The van der Waals surface area contributed by atoms with Gasteiger partial charge in [0.2, 0.25) is 5.95 Å². The zero-order valence-electron chi connectivity index (χ0n) is 14.5. The number of pyridine rings is 1. The first-order chi connectivity index (χ1) is 12.5. The van der Waals surface area contributed by atoms with E-state index >= 15 is 0 Å². The molecule has 1 saturated heterocycles. The molecule has 9 heteroatoms. The van der Waals surface area contributed by atoms with Crippen LogP contribution in [-0.4, -0.2) is 53.4 Å². The maximum absolute atomic E-state index is 12.2. The van der Waals surface area contributed by atoms with E-state index in [4.69, 9.17) is 0 Å². The molecular weight excluding hydrogens is 354 g/mol. The van der Waals surface area contributed by atoms with Gasteiger partial charge in [-0.15, -0.1) is 0 Å². The van der Waals surface area contributed by atoms with Crippen LogP contribution in [0.1, 0.15) is 29.3 Å². The van der Waals surface area contributed by atoms with E-state index in [1.807, 2.05) is 24.0 Å². The smallest absolute Gasteiger partial charge is 0.254 e. The Bertz CT molecular complexity index is 856. The predicted molar refractivity (Wildman–Crippen MR) is 97.5 cm³/mol. The summed E-state index contributed by atoms with van der Waals surface area (Å²) in [7, 11) is -2.98. The summed E-state index contributed by atoms with van der Waals surface area (Å²) in [6, 6.07) is 3.57. The Kier molecular flexibility index (Phi) is 5.46. The van der Waals surface area contributed by atoms with Crippen molar-refractivity contribution in [3.05, 3.63) is 48.0 Å². The molecule has 0 radical (unpaired) electrons. The molecule has 2 aromatic heterocycles. The molecule has 1 N–H and O–H groups in total. The van der Waals surface area contributed by atoms with Crippen molar-refractivity contribution in [3.8, 4) is 0 Å². The van der Waals surface area contributed by atoms with Gasteiger partial charge in [-0.25, -0.2) is 18.4 Å². The average molecular weight is 375 g/mol. The Hall–Kier alpha value is -2.55. The van der Waals surface area contributed by atoms with Gasteiger partial charge in [0.15, 0.2) is 9.84 Å². The number of sulfone groups is 1. The molecule has 138 valence electrons. The van der Waals surface area contributed by atoms with E-state index in [-0.39, 0.29) is 23.5 Å². The topological polar surface area (TPSA) is 105 Å². The zero-order chi connectivity index (χ0) is 18.6. The molecule has 1 atom stereocenters. The third-order valence-electron chi connectivity index (χ3n) is 4.32. The minimum absolute atomic E-state index is 0.116. The Balaban J connectivity index is 1.64. The summed E-state index contributed by atoms with van der Waals surface area (Å²) in [4.78, 5) is 26.6. The highest BCUT2D eigenvalue weighted by atomic mass is 32.2. The van der Waals surface area contributed by atoms with Gasteiger partial charge >= 0.3 is 0 Å². The molecule has 0 spiro atoms. The van der Waals surface area contributed by atoms with E-state index in [0.29, 0.717) is 31.0 Å². The first-order valence-electron chi connectivity index (χ1n) is 8.44. The molecular formula is C17H21N5O3S. The van der Waals surface area contributed by atoms with Crippen LogP contribution in [0.5, 0.6) is 0 Å². The summed E-state index contributed by atoms with van der Waals surface area (Å²) in [6.45, 7) is 2.91. The molecule has 0 saturated carbocycles. The molecule has 3 rings (SSSR count). The van der Waals surface area contributed by atoms with Crippen LogP contribution < -0.4 is 10.2 Å². The molecule has 0 aliphatic carbocycles. The van der Waals surface area contributed by atoms with Gasteiger partial charge in [0.1, 0.15) is 0 Å². The monoisotopic (exact) mass is 375 g/mol. The number of anilines is 1. The van der Waals surface area contributed by atoms with Crippen molar-refractivity contribution < 1.29 is 13.2 Å². The lowest BCUT2D eigenvalue weighted by atomic mass is 10.2. The minimum atomic E-state index is -2.98. The van der Waals surface area contributed by atoms with Crippen molar-refractivity contribution in [2.75, 3.05) is 23.0 Å². The van der Waals surface area contributed by atoms with Crippen molar-refractivity contribution in [2.45, 2.75) is 25.9 Å². The lowest BCUT2D eigenvalue weighted by Gasteiger charge is -2.26. The number of hydrogen-bond acceptors (Lipinski definition) is 7. The second-order valence-corrected chi connectivity index (χ2v) is 8.39. The maximum Gasteiger partial charge on any atom is 0.254 e.